The number of nitrogens with one attached hydrogen (secondary N) is 1. The van der Waals surface area contributed by atoms with Gasteiger partial charge in [-0.25, -0.2) is 0 Å². The predicted molar refractivity (Wildman–Crippen MR) is 85.1 cm³/mol. The van der Waals surface area contributed by atoms with Gasteiger partial charge in [-0.1, -0.05) is 15.9 Å². The zero-order valence-electron chi connectivity index (χ0n) is 10.0. The number of carbonyl (C=O) groups is 1. The van der Waals surface area contributed by atoms with Gasteiger partial charge in [-0.05, 0) is 56.8 Å². The lowest BCUT2D eigenvalue weighted by atomic mass is 9.90. The predicted octanol–water partition coefficient (Wildman–Crippen LogP) is 3.42. The maximum atomic E-state index is 12.3. The van der Waals surface area contributed by atoms with Gasteiger partial charge in [-0.2, -0.15) is 0 Å². The Kier molecular flexibility index (Phi) is 5.05. The molecule has 104 valence electrons. The summed E-state index contributed by atoms with van der Waals surface area (Å²) in [7, 11) is 0. The number of hydrogen-bond acceptors (Lipinski definition) is 3. The normalized spacial score (nSPS) is 18.1. The number of benzene rings is 1. The van der Waals surface area contributed by atoms with Crippen molar-refractivity contribution in [1.29, 1.82) is 0 Å². The van der Waals surface area contributed by atoms with E-state index < -0.39 is 5.54 Å². The SMILES string of the molecule is NC1(C(=O)Nc2c(Br)cc(Br)cc2Br)CCOCC1. The lowest BCUT2D eigenvalue weighted by Gasteiger charge is -2.32. The molecule has 1 aliphatic heterocycles. The van der Waals surface area contributed by atoms with Gasteiger partial charge in [0.05, 0.1) is 5.69 Å². The molecule has 0 aliphatic carbocycles. The van der Waals surface area contributed by atoms with E-state index in [2.05, 4.69) is 53.1 Å². The van der Waals surface area contributed by atoms with Crippen molar-refractivity contribution in [2.75, 3.05) is 18.5 Å². The molecule has 0 atom stereocenters. The van der Waals surface area contributed by atoms with E-state index in [1.54, 1.807) is 0 Å². The highest BCUT2D eigenvalue weighted by molar-refractivity contribution is 9.11. The first-order valence-corrected chi connectivity index (χ1v) is 8.13. The lowest BCUT2D eigenvalue weighted by Crippen LogP contribution is -2.54. The second kappa shape index (κ2) is 6.22. The van der Waals surface area contributed by atoms with Crippen molar-refractivity contribution in [3.8, 4) is 0 Å². The van der Waals surface area contributed by atoms with E-state index in [1.807, 2.05) is 12.1 Å². The van der Waals surface area contributed by atoms with Gasteiger partial charge in [-0.15, -0.1) is 0 Å². The Labute approximate surface area is 136 Å². The highest BCUT2D eigenvalue weighted by atomic mass is 79.9. The van der Waals surface area contributed by atoms with Gasteiger partial charge in [-0.3, -0.25) is 4.79 Å². The van der Waals surface area contributed by atoms with Crippen LogP contribution >= 0.6 is 47.8 Å². The molecule has 0 bridgehead atoms. The number of carbonyl (C=O) groups excluding carboxylic acids is 1. The minimum absolute atomic E-state index is 0.181. The quantitative estimate of drug-likeness (QED) is 0.716. The van der Waals surface area contributed by atoms with E-state index in [0.29, 0.717) is 31.7 Å². The average Bonchev–Trinajstić information content (AvgIpc) is 2.34. The first-order valence-electron chi connectivity index (χ1n) is 5.75. The molecule has 0 aromatic heterocycles. The Balaban J connectivity index is 2.19. The smallest absolute Gasteiger partial charge is 0.244 e. The van der Waals surface area contributed by atoms with Gasteiger partial charge in [0, 0.05) is 26.6 Å². The van der Waals surface area contributed by atoms with E-state index >= 15 is 0 Å². The summed E-state index contributed by atoms with van der Waals surface area (Å²) in [6.07, 6.45) is 1.06. The van der Waals surface area contributed by atoms with Gasteiger partial charge in [0.25, 0.3) is 0 Å². The van der Waals surface area contributed by atoms with Gasteiger partial charge in [0.1, 0.15) is 5.54 Å². The number of nitrogens with two attached hydrogens (primary N) is 1. The van der Waals surface area contributed by atoms with Crippen molar-refractivity contribution in [3.05, 3.63) is 25.6 Å². The average molecular weight is 457 g/mol. The summed E-state index contributed by atoms with van der Waals surface area (Å²) in [5.41, 5.74) is 5.98. The number of amides is 1. The standard InChI is InChI=1S/C12H13Br3N2O2/c13-7-5-8(14)10(9(15)6-7)17-11(18)12(16)1-3-19-4-2-12/h5-6H,1-4,16H2,(H,17,18). The third-order valence-electron chi connectivity index (χ3n) is 3.08. The van der Waals surface area contributed by atoms with Crippen molar-refractivity contribution in [1.82, 2.24) is 0 Å². The van der Waals surface area contributed by atoms with Gasteiger partial charge >= 0.3 is 0 Å². The molecule has 0 spiro atoms. The largest absolute Gasteiger partial charge is 0.381 e. The van der Waals surface area contributed by atoms with E-state index in [0.717, 1.165) is 13.4 Å². The zero-order valence-corrected chi connectivity index (χ0v) is 14.8. The first kappa shape index (κ1) is 15.4. The Bertz CT molecular complexity index is 479. The van der Waals surface area contributed by atoms with Crippen LogP contribution in [0.15, 0.2) is 25.6 Å². The number of anilines is 1. The third-order valence-corrected chi connectivity index (χ3v) is 4.79. The second-order valence-corrected chi connectivity index (χ2v) is 7.09. The van der Waals surface area contributed by atoms with Gasteiger partial charge < -0.3 is 15.8 Å². The van der Waals surface area contributed by atoms with Crippen molar-refractivity contribution >= 4 is 59.4 Å². The highest BCUT2D eigenvalue weighted by Crippen LogP contribution is 2.35. The van der Waals surface area contributed by atoms with Crippen LogP contribution in [0.5, 0.6) is 0 Å². The Hall–Kier alpha value is 0.0500. The fourth-order valence-electron chi connectivity index (χ4n) is 1.86. The van der Waals surface area contributed by atoms with Gasteiger partial charge in [0.2, 0.25) is 5.91 Å². The molecule has 4 nitrogen and oxygen atoms in total. The molecule has 0 saturated carbocycles. The van der Waals surface area contributed by atoms with Crippen LogP contribution in [0.25, 0.3) is 0 Å². The maximum Gasteiger partial charge on any atom is 0.244 e. The number of ether oxygens (including phenoxy) is 1. The molecule has 1 aliphatic rings. The zero-order chi connectivity index (χ0) is 14.0. The number of hydrogen-bond donors (Lipinski definition) is 2. The molecule has 0 radical (unpaired) electrons. The summed E-state index contributed by atoms with van der Waals surface area (Å²) in [6.45, 7) is 1.04. The summed E-state index contributed by atoms with van der Waals surface area (Å²) in [6, 6.07) is 3.74. The summed E-state index contributed by atoms with van der Waals surface area (Å²) < 4.78 is 7.74. The van der Waals surface area contributed by atoms with Crippen LogP contribution in [0.3, 0.4) is 0 Å². The molecular formula is C12H13Br3N2O2. The Morgan fingerprint density at radius 3 is 2.26 bits per heavy atom. The minimum Gasteiger partial charge on any atom is -0.381 e. The van der Waals surface area contributed by atoms with E-state index in [1.165, 1.54) is 0 Å². The molecule has 2 rings (SSSR count). The van der Waals surface area contributed by atoms with Crippen LogP contribution in [0.2, 0.25) is 0 Å². The van der Waals surface area contributed by atoms with Crippen LogP contribution < -0.4 is 11.1 Å². The molecule has 1 heterocycles. The highest BCUT2D eigenvalue weighted by Gasteiger charge is 2.36. The van der Waals surface area contributed by atoms with Crippen LogP contribution in [0.1, 0.15) is 12.8 Å². The van der Waals surface area contributed by atoms with Crippen LogP contribution in [0.4, 0.5) is 5.69 Å². The third kappa shape index (κ3) is 3.58. The van der Waals surface area contributed by atoms with E-state index in [9.17, 15) is 4.79 Å². The number of halogens is 3. The van der Waals surface area contributed by atoms with Crippen LogP contribution in [-0.4, -0.2) is 24.7 Å². The van der Waals surface area contributed by atoms with E-state index in [-0.39, 0.29) is 5.91 Å². The van der Waals surface area contributed by atoms with Crippen molar-refractivity contribution in [3.63, 3.8) is 0 Å². The van der Waals surface area contributed by atoms with Crippen LogP contribution in [0, 0.1) is 0 Å². The molecule has 1 aromatic rings. The van der Waals surface area contributed by atoms with Crippen LogP contribution in [-0.2, 0) is 9.53 Å². The summed E-state index contributed by atoms with van der Waals surface area (Å²) in [5.74, 6) is -0.181. The van der Waals surface area contributed by atoms with Crippen molar-refractivity contribution in [2.24, 2.45) is 5.73 Å². The molecule has 3 N–H and O–H groups in total. The summed E-state index contributed by atoms with van der Waals surface area (Å²) in [4.78, 5) is 12.3. The fourth-order valence-corrected chi connectivity index (χ4v) is 4.32. The first-order chi connectivity index (χ1) is 8.92. The molecule has 1 aromatic carbocycles. The second-order valence-electron chi connectivity index (χ2n) is 4.47. The number of rotatable bonds is 2. The molecule has 0 unspecified atom stereocenters. The molecule has 1 fully saturated rings. The molecule has 1 saturated heterocycles. The monoisotopic (exact) mass is 454 g/mol. The van der Waals surface area contributed by atoms with E-state index in [4.69, 9.17) is 10.5 Å². The molecular weight excluding hydrogens is 444 g/mol. The topological polar surface area (TPSA) is 64.4 Å². The maximum absolute atomic E-state index is 12.3. The summed E-state index contributed by atoms with van der Waals surface area (Å²) >= 11 is 10.2. The minimum atomic E-state index is -0.857. The molecule has 19 heavy (non-hydrogen) atoms. The van der Waals surface area contributed by atoms with Crippen molar-refractivity contribution < 1.29 is 9.53 Å². The summed E-state index contributed by atoms with van der Waals surface area (Å²) in [5, 5.41) is 2.88. The fraction of sp³-hybridized carbons (Fsp3) is 0.417. The molecule has 1 amide bonds. The van der Waals surface area contributed by atoms with Crippen molar-refractivity contribution in [2.45, 2.75) is 18.4 Å². The van der Waals surface area contributed by atoms with Gasteiger partial charge in [0.15, 0.2) is 0 Å². The Morgan fingerprint density at radius 2 is 1.74 bits per heavy atom. The molecule has 7 heteroatoms. The Morgan fingerprint density at radius 1 is 1.21 bits per heavy atom. The lowest BCUT2D eigenvalue weighted by molar-refractivity contribution is -0.124.